The van der Waals surface area contributed by atoms with Gasteiger partial charge in [0.05, 0.1) is 5.69 Å². The van der Waals surface area contributed by atoms with Crippen LogP contribution >= 0.6 is 0 Å². The first-order chi connectivity index (χ1) is 8.09. The molecule has 0 atom stereocenters. The zero-order chi connectivity index (χ0) is 12.5. The highest BCUT2D eigenvalue weighted by Gasteiger charge is 2.34. The van der Waals surface area contributed by atoms with Gasteiger partial charge in [-0.15, -0.1) is 0 Å². The van der Waals surface area contributed by atoms with E-state index in [-0.39, 0.29) is 11.2 Å². The van der Waals surface area contributed by atoms with Gasteiger partial charge in [0.2, 0.25) is 0 Å². The maximum Gasteiger partial charge on any atom is 0.146 e. The predicted molar refractivity (Wildman–Crippen MR) is 69.9 cm³/mol. The van der Waals surface area contributed by atoms with E-state index in [4.69, 9.17) is 5.73 Å². The molecule has 0 amide bonds. The van der Waals surface area contributed by atoms with Crippen molar-refractivity contribution in [1.29, 1.82) is 0 Å². The first-order valence-corrected chi connectivity index (χ1v) is 6.26. The summed E-state index contributed by atoms with van der Waals surface area (Å²) >= 11 is 0. The summed E-state index contributed by atoms with van der Waals surface area (Å²) in [4.78, 5) is 1.79. The van der Waals surface area contributed by atoms with Crippen molar-refractivity contribution >= 4 is 5.69 Å². The number of hydrogen-bond donors (Lipinski definition) is 1. The second-order valence-electron chi connectivity index (χ2n) is 5.25. The van der Waals surface area contributed by atoms with Crippen LogP contribution in [0.1, 0.15) is 31.2 Å². The standard InChI is InChI=1S/C14H21FN2/c1-17(2)13-6-5-11(9-12(13)15)14(10-16)7-3-4-8-14/h5-6,9H,3-4,7-8,10,16H2,1-2H3. The molecule has 2 nitrogen and oxygen atoms in total. The van der Waals surface area contributed by atoms with Gasteiger partial charge in [0, 0.05) is 26.1 Å². The van der Waals surface area contributed by atoms with E-state index in [1.807, 2.05) is 26.2 Å². The molecule has 17 heavy (non-hydrogen) atoms. The first kappa shape index (κ1) is 12.4. The normalized spacial score (nSPS) is 18.4. The van der Waals surface area contributed by atoms with Crippen LogP contribution in [0.2, 0.25) is 0 Å². The van der Waals surface area contributed by atoms with Crippen molar-refractivity contribution in [3.8, 4) is 0 Å². The minimum Gasteiger partial charge on any atom is -0.375 e. The van der Waals surface area contributed by atoms with Crippen molar-refractivity contribution in [2.24, 2.45) is 5.73 Å². The Labute approximate surface area is 103 Å². The van der Waals surface area contributed by atoms with E-state index in [0.29, 0.717) is 12.2 Å². The number of nitrogens with zero attached hydrogens (tertiary/aromatic N) is 1. The van der Waals surface area contributed by atoms with E-state index in [2.05, 4.69) is 0 Å². The summed E-state index contributed by atoms with van der Waals surface area (Å²) in [7, 11) is 3.71. The number of nitrogens with two attached hydrogens (primary N) is 1. The summed E-state index contributed by atoms with van der Waals surface area (Å²) in [5.41, 5.74) is 7.64. The van der Waals surface area contributed by atoms with Crippen molar-refractivity contribution in [2.75, 3.05) is 25.5 Å². The summed E-state index contributed by atoms with van der Waals surface area (Å²) in [5.74, 6) is -0.146. The molecule has 1 fully saturated rings. The molecule has 0 aliphatic heterocycles. The van der Waals surface area contributed by atoms with E-state index in [0.717, 1.165) is 18.4 Å². The van der Waals surface area contributed by atoms with Crippen molar-refractivity contribution < 1.29 is 4.39 Å². The molecule has 2 N–H and O–H groups in total. The van der Waals surface area contributed by atoms with Gasteiger partial charge in [-0.25, -0.2) is 4.39 Å². The predicted octanol–water partition coefficient (Wildman–Crippen LogP) is 2.66. The molecule has 1 aliphatic carbocycles. The van der Waals surface area contributed by atoms with Gasteiger partial charge in [-0.3, -0.25) is 0 Å². The number of halogens is 1. The molecular formula is C14H21FN2. The summed E-state index contributed by atoms with van der Waals surface area (Å²) in [5, 5.41) is 0. The van der Waals surface area contributed by atoms with E-state index >= 15 is 0 Å². The molecule has 0 heterocycles. The van der Waals surface area contributed by atoms with E-state index in [9.17, 15) is 4.39 Å². The van der Waals surface area contributed by atoms with Crippen LogP contribution in [0, 0.1) is 5.82 Å². The molecule has 1 aromatic carbocycles. The fourth-order valence-electron chi connectivity index (χ4n) is 2.86. The highest BCUT2D eigenvalue weighted by Crippen LogP contribution is 2.41. The number of rotatable bonds is 3. The molecule has 0 spiro atoms. The van der Waals surface area contributed by atoms with Crippen molar-refractivity contribution in [2.45, 2.75) is 31.1 Å². The fraction of sp³-hybridized carbons (Fsp3) is 0.571. The minimum atomic E-state index is -0.146. The Morgan fingerprint density at radius 3 is 2.41 bits per heavy atom. The van der Waals surface area contributed by atoms with Gasteiger partial charge >= 0.3 is 0 Å². The molecule has 1 aromatic rings. The minimum absolute atomic E-state index is 0.0195. The second kappa shape index (κ2) is 4.65. The van der Waals surface area contributed by atoms with Crippen molar-refractivity contribution in [3.63, 3.8) is 0 Å². The van der Waals surface area contributed by atoms with Gasteiger partial charge < -0.3 is 10.6 Å². The Balaban J connectivity index is 2.36. The quantitative estimate of drug-likeness (QED) is 0.874. The third kappa shape index (κ3) is 2.16. The maximum atomic E-state index is 14.0. The van der Waals surface area contributed by atoms with E-state index < -0.39 is 0 Å². The highest BCUT2D eigenvalue weighted by atomic mass is 19.1. The Morgan fingerprint density at radius 2 is 1.94 bits per heavy atom. The maximum absolute atomic E-state index is 14.0. The van der Waals surface area contributed by atoms with Crippen molar-refractivity contribution in [3.05, 3.63) is 29.6 Å². The van der Waals surface area contributed by atoms with Crippen LogP contribution in [0.5, 0.6) is 0 Å². The number of benzene rings is 1. The summed E-state index contributed by atoms with van der Waals surface area (Å²) in [6, 6.07) is 5.57. The van der Waals surface area contributed by atoms with Gasteiger partial charge in [-0.1, -0.05) is 18.9 Å². The molecule has 3 heteroatoms. The number of hydrogen-bond acceptors (Lipinski definition) is 2. The van der Waals surface area contributed by atoms with Crippen LogP contribution in [0.25, 0.3) is 0 Å². The lowest BCUT2D eigenvalue weighted by atomic mass is 9.79. The van der Waals surface area contributed by atoms with Crippen LogP contribution < -0.4 is 10.6 Å². The highest BCUT2D eigenvalue weighted by molar-refractivity contribution is 5.49. The molecule has 0 saturated heterocycles. The second-order valence-corrected chi connectivity index (χ2v) is 5.25. The van der Waals surface area contributed by atoms with Crippen LogP contribution in [0.15, 0.2) is 18.2 Å². The molecule has 94 valence electrons. The van der Waals surface area contributed by atoms with Gasteiger partial charge in [0.1, 0.15) is 5.82 Å². The summed E-state index contributed by atoms with van der Waals surface area (Å²) in [6.07, 6.45) is 4.58. The Bertz CT molecular complexity index is 395. The molecule has 1 aliphatic rings. The van der Waals surface area contributed by atoms with Crippen molar-refractivity contribution in [1.82, 2.24) is 0 Å². The van der Waals surface area contributed by atoms with Crippen LogP contribution in [-0.4, -0.2) is 20.6 Å². The smallest absolute Gasteiger partial charge is 0.146 e. The lowest BCUT2D eigenvalue weighted by Gasteiger charge is -2.28. The molecule has 1 saturated carbocycles. The SMILES string of the molecule is CN(C)c1ccc(C2(CN)CCCC2)cc1F. The average Bonchev–Trinajstić information content (AvgIpc) is 2.78. The van der Waals surface area contributed by atoms with Crippen LogP contribution in [0.3, 0.4) is 0 Å². The zero-order valence-electron chi connectivity index (χ0n) is 10.7. The number of anilines is 1. The first-order valence-electron chi connectivity index (χ1n) is 6.26. The topological polar surface area (TPSA) is 29.3 Å². The molecule has 0 radical (unpaired) electrons. The van der Waals surface area contributed by atoms with Gasteiger partial charge in [-0.05, 0) is 30.5 Å². The largest absolute Gasteiger partial charge is 0.375 e. The lowest BCUT2D eigenvalue weighted by Crippen LogP contribution is -2.32. The summed E-state index contributed by atoms with van der Waals surface area (Å²) in [6.45, 7) is 0.619. The lowest BCUT2D eigenvalue weighted by molar-refractivity contribution is 0.449. The van der Waals surface area contributed by atoms with Crippen LogP contribution in [0.4, 0.5) is 10.1 Å². The molecular weight excluding hydrogens is 215 g/mol. The van der Waals surface area contributed by atoms with E-state index in [1.165, 1.54) is 12.8 Å². The molecule has 2 rings (SSSR count). The Hall–Kier alpha value is -1.09. The van der Waals surface area contributed by atoms with Gasteiger partial charge in [-0.2, -0.15) is 0 Å². The third-order valence-corrected chi connectivity index (χ3v) is 3.99. The van der Waals surface area contributed by atoms with Gasteiger partial charge in [0.15, 0.2) is 0 Å². The summed E-state index contributed by atoms with van der Waals surface area (Å²) < 4.78 is 14.0. The zero-order valence-corrected chi connectivity index (χ0v) is 10.7. The average molecular weight is 236 g/mol. The van der Waals surface area contributed by atoms with E-state index in [1.54, 1.807) is 11.0 Å². The van der Waals surface area contributed by atoms with Gasteiger partial charge in [0.25, 0.3) is 0 Å². The Kier molecular flexibility index (Phi) is 3.38. The monoisotopic (exact) mass is 236 g/mol. The molecule has 0 aromatic heterocycles. The molecule has 0 unspecified atom stereocenters. The third-order valence-electron chi connectivity index (χ3n) is 3.99. The fourth-order valence-corrected chi connectivity index (χ4v) is 2.86. The molecule has 0 bridgehead atoms. The van der Waals surface area contributed by atoms with Crippen LogP contribution in [-0.2, 0) is 5.41 Å². The Morgan fingerprint density at radius 1 is 1.29 bits per heavy atom.